The largest absolute Gasteiger partial charge is 0.465 e. The van der Waals surface area contributed by atoms with E-state index in [2.05, 4.69) is 19.2 Å². The SMILES string of the molecule is CC(C)CC(N)C(=O)NC1CCCCC(COC(=O)C(C)C)CC1. The summed E-state index contributed by atoms with van der Waals surface area (Å²) in [5, 5.41) is 3.12. The smallest absolute Gasteiger partial charge is 0.308 e. The third-order valence-corrected chi connectivity index (χ3v) is 4.68. The summed E-state index contributed by atoms with van der Waals surface area (Å²) in [7, 11) is 0. The van der Waals surface area contributed by atoms with Gasteiger partial charge in [0.05, 0.1) is 18.6 Å². The Kier molecular flexibility index (Phi) is 9.34. The first-order valence-corrected chi connectivity index (χ1v) is 9.52. The second kappa shape index (κ2) is 10.7. The number of amides is 1. The van der Waals surface area contributed by atoms with Crippen molar-refractivity contribution < 1.29 is 14.3 Å². The lowest BCUT2D eigenvalue weighted by Crippen LogP contribution is -2.46. The molecule has 1 fully saturated rings. The highest BCUT2D eigenvalue weighted by Gasteiger charge is 2.22. The van der Waals surface area contributed by atoms with E-state index >= 15 is 0 Å². The van der Waals surface area contributed by atoms with Crippen molar-refractivity contribution in [2.75, 3.05) is 6.61 Å². The highest BCUT2D eigenvalue weighted by molar-refractivity contribution is 5.81. The number of carbonyl (C=O) groups excluding carboxylic acids is 2. The number of hydrogen-bond acceptors (Lipinski definition) is 4. The summed E-state index contributed by atoms with van der Waals surface area (Å²) >= 11 is 0. The maximum atomic E-state index is 12.2. The monoisotopic (exact) mass is 340 g/mol. The van der Waals surface area contributed by atoms with Crippen LogP contribution in [0.2, 0.25) is 0 Å². The molecule has 3 N–H and O–H groups in total. The average Bonchev–Trinajstić information content (AvgIpc) is 2.48. The van der Waals surface area contributed by atoms with Crippen LogP contribution in [-0.4, -0.2) is 30.6 Å². The highest BCUT2D eigenvalue weighted by atomic mass is 16.5. The van der Waals surface area contributed by atoms with Crippen LogP contribution in [0.25, 0.3) is 0 Å². The van der Waals surface area contributed by atoms with Gasteiger partial charge in [-0.25, -0.2) is 0 Å². The number of esters is 1. The molecule has 0 aromatic heterocycles. The minimum absolute atomic E-state index is 0.0305. The van der Waals surface area contributed by atoms with Gasteiger partial charge in [0.25, 0.3) is 0 Å². The van der Waals surface area contributed by atoms with Crippen molar-refractivity contribution in [3.05, 3.63) is 0 Å². The van der Waals surface area contributed by atoms with Crippen LogP contribution in [0.3, 0.4) is 0 Å². The Balaban J connectivity index is 2.41. The number of carbonyl (C=O) groups is 2. The van der Waals surface area contributed by atoms with Crippen molar-refractivity contribution in [3.63, 3.8) is 0 Å². The van der Waals surface area contributed by atoms with Gasteiger partial charge in [-0.05, 0) is 43.9 Å². The minimum Gasteiger partial charge on any atom is -0.465 e. The molecule has 3 atom stereocenters. The Morgan fingerprint density at radius 2 is 1.75 bits per heavy atom. The van der Waals surface area contributed by atoms with Gasteiger partial charge in [-0.1, -0.05) is 40.5 Å². The first-order valence-electron chi connectivity index (χ1n) is 9.52. The molecule has 140 valence electrons. The van der Waals surface area contributed by atoms with Crippen molar-refractivity contribution in [3.8, 4) is 0 Å². The summed E-state index contributed by atoms with van der Waals surface area (Å²) < 4.78 is 5.39. The zero-order chi connectivity index (χ0) is 18.1. The Morgan fingerprint density at radius 1 is 1.08 bits per heavy atom. The van der Waals surface area contributed by atoms with Gasteiger partial charge in [-0.3, -0.25) is 9.59 Å². The van der Waals surface area contributed by atoms with Crippen LogP contribution in [0.5, 0.6) is 0 Å². The standard InChI is InChI=1S/C19H36N2O3/c1-13(2)11-17(20)18(22)21-16-8-6-5-7-15(9-10-16)12-24-19(23)14(3)4/h13-17H,5-12,20H2,1-4H3,(H,21,22). The van der Waals surface area contributed by atoms with Crippen LogP contribution in [0, 0.1) is 17.8 Å². The molecule has 3 unspecified atom stereocenters. The van der Waals surface area contributed by atoms with Gasteiger partial charge in [-0.2, -0.15) is 0 Å². The maximum absolute atomic E-state index is 12.2. The summed E-state index contributed by atoms with van der Waals surface area (Å²) in [6.45, 7) is 8.36. The van der Waals surface area contributed by atoms with Gasteiger partial charge in [0, 0.05) is 6.04 Å². The third kappa shape index (κ3) is 8.13. The fraction of sp³-hybridized carbons (Fsp3) is 0.895. The topological polar surface area (TPSA) is 81.4 Å². The van der Waals surface area contributed by atoms with Crippen molar-refractivity contribution >= 4 is 11.9 Å². The fourth-order valence-electron chi connectivity index (χ4n) is 3.15. The first-order chi connectivity index (χ1) is 11.3. The van der Waals surface area contributed by atoms with Gasteiger partial charge in [0.2, 0.25) is 5.91 Å². The molecule has 0 aliphatic heterocycles. The lowest BCUT2D eigenvalue weighted by atomic mass is 9.89. The van der Waals surface area contributed by atoms with E-state index in [4.69, 9.17) is 10.5 Å². The Morgan fingerprint density at radius 3 is 2.38 bits per heavy atom. The van der Waals surface area contributed by atoms with E-state index in [1.165, 1.54) is 0 Å². The van der Waals surface area contributed by atoms with Gasteiger partial charge in [0.1, 0.15) is 0 Å². The second-order valence-electron chi connectivity index (χ2n) is 7.95. The molecule has 1 aliphatic carbocycles. The lowest BCUT2D eigenvalue weighted by Gasteiger charge is -2.27. The van der Waals surface area contributed by atoms with E-state index in [0.717, 1.165) is 38.5 Å². The van der Waals surface area contributed by atoms with Crippen molar-refractivity contribution in [1.29, 1.82) is 0 Å². The molecule has 0 radical (unpaired) electrons. The minimum atomic E-state index is -0.418. The van der Waals surface area contributed by atoms with Crippen LogP contribution in [0.15, 0.2) is 0 Å². The summed E-state index contributed by atoms with van der Waals surface area (Å²) in [6.07, 6.45) is 6.96. The maximum Gasteiger partial charge on any atom is 0.308 e. The molecule has 0 bridgehead atoms. The number of nitrogens with two attached hydrogens (primary N) is 1. The number of hydrogen-bond donors (Lipinski definition) is 2. The molecule has 0 heterocycles. The number of ether oxygens (including phenoxy) is 1. The van der Waals surface area contributed by atoms with Crippen LogP contribution in [0.1, 0.15) is 72.6 Å². The van der Waals surface area contributed by atoms with Crippen LogP contribution < -0.4 is 11.1 Å². The average molecular weight is 341 g/mol. The van der Waals surface area contributed by atoms with Gasteiger partial charge in [-0.15, -0.1) is 0 Å². The quantitative estimate of drug-likeness (QED) is 0.698. The molecule has 1 amide bonds. The predicted molar refractivity (Wildman–Crippen MR) is 96.4 cm³/mol. The van der Waals surface area contributed by atoms with E-state index in [1.807, 2.05) is 13.8 Å². The zero-order valence-corrected chi connectivity index (χ0v) is 15.8. The molecule has 0 saturated heterocycles. The van der Waals surface area contributed by atoms with Crippen LogP contribution >= 0.6 is 0 Å². The molecule has 1 saturated carbocycles. The van der Waals surface area contributed by atoms with Crippen LogP contribution in [-0.2, 0) is 14.3 Å². The Hall–Kier alpha value is -1.10. The summed E-state index contributed by atoms with van der Waals surface area (Å²) in [4.78, 5) is 23.8. The summed E-state index contributed by atoms with van der Waals surface area (Å²) in [5.74, 6) is 0.589. The lowest BCUT2D eigenvalue weighted by molar-refractivity contribution is -0.148. The predicted octanol–water partition coefficient (Wildman–Crippen LogP) is 3.01. The third-order valence-electron chi connectivity index (χ3n) is 4.68. The summed E-state index contributed by atoms with van der Waals surface area (Å²) in [6, 6.07) is -0.224. The molecule has 5 nitrogen and oxygen atoms in total. The van der Waals surface area contributed by atoms with Crippen molar-refractivity contribution in [2.24, 2.45) is 23.5 Å². The molecule has 0 aromatic rings. The molecular formula is C19H36N2O3. The summed E-state index contributed by atoms with van der Waals surface area (Å²) in [5.41, 5.74) is 5.97. The number of nitrogens with one attached hydrogen (secondary N) is 1. The molecule has 0 spiro atoms. The molecule has 0 aromatic carbocycles. The fourth-order valence-corrected chi connectivity index (χ4v) is 3.15. The van der Waals surface area contributed by atoms with Crippen LogP contribution in [0.4, 0.5) is 0 Å². The Labute approximate surface area is 147 Å². The van der Waals surface area contributed by atoms with Crippen molar-refractivity contribution in [1.82, 2.24) is 5.32 Å². The van der Waals surface area contributed by atoms with Gasteiger partial charge in [0.15, 0.2) is 0 Å². The van der Waals surface area contributed by atoms with E-state index in [1.54, 1.807) is 0 Å². The molecule has 1 aliphatic rings. The van der Waals surface area contributed by atoms with Gasteiger partial charge >= 0.3 is 5.97 Å². The molecule has 1 rings (SSSR count). The normalized spacial score (nSPS) is 23.5. The van der Waals surface area contributed by atoms with E-state index in [-0.39, 0.29) is 23.8 Å². The molecule has 5 heteroatoms. The van der Waals surface area contributed by atoms with Gasteiger partial charge < -0.3 is 15.8 Å². The highest BCUT2D eigenvalue weighted by Crippen LogP contribution is 2.23. The van der Waals surface area contributed by atoms with E-state index in [9.17, 15) is 9.59 Å². The number of rotatable bonds is 7. The Bertz CT molecular complexity index is 396. The van der Waals surface area contributed by atoms with E-state index < -0.39 is 6.04 Å². The second-order valence-corrected chi connectivity index (χ2v) is 7.95. The first kappa shape index (κ1) is 20.9. The van der Waals surface area contributed by atoms with Crippen molar-refractivity contribution in [2.45, 2.75) is 84.7 Å². The van der Waals surface area contributed by atoms with E-state index in [0.29, 0.717) is 24.9 Å². The zero-order valence-electron chi connectivity index (χ0n) is 15.8. The molecule has 24 heavy (non-hydrogen) atoms. The molecular weight excluding hydrogens is 304 g/mol.